The standard InChI is InChI=1S/C29H32BrN3O3/c1-19(2)17-31-28(35)20(3)33(18-21-12-14-23(30)15-13-21)26(34)11-6-16-32-25-10-5-8-22-7-4-9-24(27(22)25)29(32)36/h4-5,7-10,12-15,19-20H,6,11,16-18H2,1-3H3,(H,31,35)/t20-/m0/s1. The topological polar surface area (TPSA) is 69.7 Å². The van der Waals surface area contributed by atoms with Gasteiger partial charge in [-0.05, 0) is 54.5 Å². The van der Waals surface area contributed by atoms with Crippen LogP contribution < -0.4 is 10.2 Å². The lowest BCUT2D eigenvalue weighted by molar-refractivity contribution is -0.140. The van der Waals surface area contributed by atoms with Crippen molar-refractivity contribution in [2.24, 2.45) is 5.92 Å². The predicted molar refractivity (Wildman–Crippen MR) is 147 cm³/mol. The van der Waals surface area contributed by atoms with Crippen LogP contribution in [0, 0.1) is 5.92 Å². The Balaban J connectivity index is 1.45. The van der Waals surface area contributed by atoms with Gasteiger partial charge in [0.25, 0.3) is 5.91 Å². The van der Waals surface area contributed by atoms with Gasteiger partial charge in [0.1, 0.15) is 6.04 Å². The third-order valence-corrected chi connectivity index (χ3v) is 7.07. The van der Waals surface area contributed by atoms with E-state index < -0.39 is 6.04 Å². The molecular formula is C29H32BrN3O3. The lowest BCUT2D eigenvalue weighted by atomic mass is 10.1. The number of anilines is 1. The Morgan fingerprint density at radius 3 is 2.39 bits per heavy atom. The molecule has 7 heteroatoms. The smallest absolute Gasteiger partial charge is 0.258 e. The number of nitrogens with one attached hydrogen (secondary N) is 1. The SMILES string of the molecule is CC(C)CNC(=O)[C@H](C)N(Cc1ccc(Br)cc1)C(=O)CCCN1C(=O)c2cccc3cccc1c23. The van der Waals surface area contributed by atoms with Crippen molar-refractivity contribution in [3.8, 4) is 0 Å². The van der Waals surface area contributed by atoms with E-state index in [-0.39, 0.29) is 24.1 Å². The lowest BCUT2D eigenvalue weighted by Gasteiger charge is -2.29. The van der Waals surface area contributed by atoms with Crippen molar-refractivity contribution in [3.05, 3.63) is 76.3 Å². The van der Waals surface area contributed by atoms with Crippen LogP contribution in [0.4, 0.5) is 5.69 Å². The quantitative estimate of drug-likeness (QED) is 0.361. The van der Waals surface area contributed by atoms with Crippen molar-refractivity contribution in [1.82, 2.24) is 10.2 Å². The van der Waals surface area contributed by atoms with E-state index in [9.17, 15) is 14.4 Å². The minimum atomic E-state index is -0.605. The zero-order valence-electron chi connectivity index (χ0n) is 21.0. The average molecular weight is 550 g/mol. The first-order valence-corrected chi connectivity index (χ1v) is 13.2. The Hall–Kier alpha value is -3.19. The highest BCUT2D eigenvalue weighted by Crippen LogP contribution is 2.37. The van der Waals surface area contributed by atoms with Crippen LogP contribution in [0.3, 0.4) is 0 Å². The van der Waals surface area contributed by atoms with E-state index in [4.69, 9.17) is 0 Å². The number of benzene rings is 3. The Bertz CT molecular complexity index is 1270. The summed E-state index contributed by atoms with van der Waals surface area (Å²) < 4.78 is 0.957. The summed E-state index contributed by atoms with van der Waals surface area (Å²) in [6.07, 6.45) is 0.751. The summed E-state index contributed by atoms with van der Waals surface area (Å²) >= 11 is 3.44. The van der Waals surface area contributed by atoms with Gasteiger partial charge in [0.05, 0.1) is 5.69 Å². The van der Waals surface area contributed by atoms with Crippen molar-refractivity contribution >= 4 is 50.1 Å². The molecule has 36 heavy (non-hydrogen) atoms. The highest BCUT2D eigenvalue weighted by molar-refractivity contribution is 9.10. The normalized spacial score (nSPS) is 13.4. The molecule has 0 fully saturated rings. The molecule has 1 heterocycles. The molecule has 0 bridgehead atoms. The summed E-state index contributed by atoms with van der Waals surface area (Å²) in [5.41, 5.74) is 2.56. The molecule has 3 aromatic carbocycles. The monoisotopic (exact) mass is 549 g/mol. The minimum Gasteiger partial charge on any atom is -0.354 e. The van der Waals surface area contributed by atoms with Crippen LogP contribution in [-0.4, -0.2) is 41.8 Å². The molecule has 4 rings (SSSR count). The molecule has 0 spiro atoms. The van der Waals surface area contributed by atoms with Gasteiger partial charge in [0.2, 0.25) is 11.8 Å². The largest absolute Gasteiger partial charge is 0.354 e. The average Bonchev–Trinajstić information content (AvgIpc) is 3.14. The van der Waals surface area contributed by atoms with Gasteiger partial charge < -0.3 is 15.1 Å². The first kappa shape index (κ1) is 25.9. The van der Waals surface area contributed by atoms with Crippen molar-refractivity contribution in [1.29, 1.82) is 0 Å². The number of nitrogens with zero attached hydrogens (tertiary/aromatic N) is 2. The van der Waals surface area contributed by atoms with Crippen LogP contribution >= 0.6 is 15.9 Å². The van der Waals surface area contributed by atoms with Crippen molar-refractivity contribution in [2.75, 3.05) is 18.0 Å². The number of hydrogen-bond acceptors (Lipinski definition) is 3. The summed E-state index contributed by atoms with van der Waals surface area (Å²) in [7, 11) is 0. The van der Waals surface area contributed by atoms with Gasteiger partial charge in [-0.25, -0.2) is 0 Å². The number of rotatable bonds is 10. The summed E-state index contributed by atoms with van der Waals surface area (Å²) in [5.74, 6) is 0.0317. The van der Waals surface area contributed by atoms with Crippen LogP contribution in [0.1, 0.15) is 49.5 Å². The van der Waals surface area contributed by atoms with Crippen LogP contribution in [0.25, 0.3) is 10.8 Å². The van der Waals surface area contributed by atoms with E-state index in [1.165, 1.54) is 0 Å². The second kappa shape index (κ2) is 11.2. The van der Waals surface area contributed by atoms with E-state index in [0.717, 1.165) is 26.5 Å². The fraction of sp³-hybridized carbons (Fsp3) is 0.345. The van der Waals surface area contributed by atoms with Crippen molar-refractivity contribution < 1.29 is 14.4 Å². The zero-order chi connectivity index (χ0) is 25.8. The molecular weight excluding hydrogens is 518 g/mol. The third kappa shape index (κ3) is 5.62. The molecule has 188 valence electrons. The van der Waals surface area contributed by atoms with E-state index in [2.05, 4.69) is 21.2 Å². The third-order valence-electron chi connectivity index (χ3n) is 6.54. The molecule has 1 N–H and O–H groups in total. The molecule has 0 aliphatic carbocycles. The Labute approximate surface area is 220 Å². The predicted octanol–water partition coefficient (Wildman–Crippen LogP) is 5.53. The molecule has 0 unspecified atom stereocenters. The first-order chi connectivity index (χ1) is 17.3. The van der Waals surface area contributed by atoms with Gasteiger partial charge in [-0.15, -0.1) is 0 Å². The van der Waals surface area contributed by atoms with E-state index >= 15 is 0 Å². The Kier molecular flexibility index (Phi) is 8.09. The Morgan fingerprint density at radius 1 is 1.00 bits per heavy atom. The molecule has 3 amide bonds. The van der Waals surface area contributed by atoms with E-state index in [1.54, 1.807) is 16.7 Å². The van der Waals surface area contributed by atoms with Gasteiger partial charge in [0, 0.05) is 41.5 Å². The molecule has 6 nitrogen and oxygen atoms in total. The second-order valence-electron chi connectivity index (χ2n) is 9.70. The first-order valence-electron chi connectivity index (χ1n) is 12.4. The highest BCUT2D eigenvalue weighted by Gasteiger charge is 2.30. The Morgan fingerprint density at radius 2 is 1.69 bits per heavy atom. The maximum absolute atomic E-state index is 13.4. The van der Waals surface area contributed by atoms with Crippen LogP contribution in [0.5, 0.6) is 0 Å². The fourth-order valence-corrected chi connectivity index (χ4v) is 4.82. The van der Waals surface area contributed by atoms with Gasteiger partial charge in [-0.2, -0.15) is 0 Å². The number of halogens is 1. The maximum atomic E-state index is 13.4. The van der Waals surface area contributed by atoms with Crippen molar-refractivity contribution in [3.63, 3.8) is 0 Å². The lowest BCUT2D eigenvalue weighted by Crippen LogP contribution is -2.48. The molecule has 0 aromatic heterocycles. The number of carbonyl (C=O) groups excluding carboxylic acids is 3. The molecule has 0 saturated carbocycles. The minimum absolute atomic E-state index is 0.0256. The number of carbonyl (C=O) groups is 3. The molecule has 1 aliphatic heterocycles. The summed E-state index contributed by atoms with van der Waals surface area (Å²) in [4.78, 5) is 42.7. The summed E-state index contributed by atoms with van der Waals surface area (Å²) in [6, 6.07) is 18.8. The van der Waals surface area contributed by atoms with Crippen molar-refractivity contribution in [2.45, 2.75) is 46.2 Å². The summed E-state index contributed by atoms with van der Waals surface area (Å²) in [6.45, 7) is 7.19. The summed E-state index contributed by atoms with van der Waals surface area (Å²) in [5, 5.41) is 4.96. The van der Waals surface area contributed by atoms with Gasteiger partial charge >= 0.3 is 0 Å². The number of hydrogen-bond donors (Lipinski definition) is 1. The van der Waals surface area contributed by atoms with E-state index in [0.29, 0.717) is 37.5 Å². The molecule has 1 aliphatic rings. The second-order valence-corrected chi connectivity index (χ2v) is 10.6. The molecule has 1 atom stereocenters. The molecule has 0 radical (unpaired) electrons. The van der Waals surface area contributed by atoms with Crippen LogP contribution in [-0.2, 0) is 16.1 Å². The van der Waals surface area contributed by atoms with Gasteiger partial charge in [-0.3, -0.25) is 14.4 Å². The number of amides is 3. The van der Waals surface area contributed by atoms with Gasteiger partial charge in [0.15, 0.2) is 0 Å². The van der Waals surface area contributed by atoms with Crippen LogP contribution in [0.2, 0.25) is 0 Å². The van der Waals surface area contributed by atoms with Gasteiger partial charge in [-0.1, -0.05) is 66.2 Å². The van der Waals surface area contributed by atoms with E-state index in [1.807, 2.05) is 74.5 Å². The maximum Gasteiger partial charge on any atom is 0.258 e. The molecule has 3 aromatic rings. The highest BCUT2D eigenvalue weighted by atomic mass is 79.9. The fourth-order valence-electron chi connectivity index (χ4n) is 4.55. The molecule has 0 saturated heterocycles. The van der Waals surface area contributed by atoms with Crippen LogP contribution in [0.15, 0.2) is 65.1 Å². The zero-order valence-corrected chi connectivity index (χ0v) is 22.5.